The summed E-state index contributed by atoms with van der Waals surface area (Å²) in [6.07, 6.45) is 3.57. The van der Waals surface area contributed by atoms with Crippen LogP contribution in [0, 0.1) is 0 Å². The van der Waals surface area contributed by atoms with Crippen LogP contribution in [0.2, 0.25) is 10.0 Å². The first-order valence-corrected chi connectivity index (χ1v) is 8.98. The second-order valence-electron chi connectivity index (χ2n) is 6.07. The normalized spacial score (nSPS) is 13.5. The highest BCUT2D eigenvalue weighted by Crippen LogP contribution is 2.43. The van der Waals surface area contributed by atoms with Gasteiger partial charge in [0, 0.05) is 11.8 Å². The Kier molecular flexibility index (Phi) is 6.70. The highest BCUT2D eigenvalue weighted by molar-refractivity contribution is 6.42. The molecule has 1 N–H and O–H groups in total. The molecule has 128 valence electrons. The number of aliphatic carboxylic acids is 1. The average molecular weight is 365 g/mol. The third-order valence-corrected chi connectivity index (χ3v) is 5.26. The fourth-order valence-corrected chi connectivity index (χ4v) is 3.52. The molecule has 0 saturated heterocycles. The molecule has 24 heavy (non-hydrogen) atoms. The Morgan fingerprint density at radius 2 is 1.71 bits per heavy atom. The molecule has 0 amide bonds. The van der Waals surface area contributed by atoms with Crippen molar-refractivity contribution in [3.05, 3.63) is 69.7 Å². The molecular formula is C20H22Cl2O2. The van der Waals surface area contributed by atoms with Gasteiger partial charge in [-0.2, -0.15) is 0 Å². The molecule has 0 unspecified atom stereocenters. The second kappa shape index (κ2) is 8.55. The van der Waals surface area contributed by atoms with Gasteiger partial charge in [0.15, 0.2) is 0 Å². The van der Waals surface area contributed by atoms with Crippen LogP contribution in [0.1, 0.15) is 50.2 Å². The van der Waals surface area contributed by atoms with Crippen LogP contribution in [-0.4, -0.2) is 11.1 Å². The van der Waals surface area contributed by atoms with E-state index in [1.165, 1.54) is 0 Å². The molecule has 0 saturated carbocycles. The highest BCUT2D eigenvalue weighted by Gasteiger charge is 2.34. The van der Waals surface area contributed by atoms with Gasteiger partial charge in [0.05, 0.1) is 10.0 Å². The molecule has 0 fully saturated rings. The Morgan fingerprint density at radius 3 is 2.29 bits per heavy atom. The Labute approximate surface area is 153 Å². The van der Waals surface area contributed by atoms with Gasteiger partial charge >= 0.3 is 5.97 Å². The number of hydrogen-bond acceptors (Lipinski definition) is 1. The van der Waals surface area contributed by atoms with E-state index in [-0.39, 0.29) is 11.8 Å². The van der Waals surface area contributed by atoms with Gasteiger partial charge in [-0.25, -0.2) is 0 Å². The van der Waals surface area contributed by atoms with E-state index in [1.807, 2.05) is 30.3 Å². The third kappa shape index (κ3) is 4.31. The smallest absolute Gasteiger partial charge is 0.303 e. The molecule has 2 aromatic rings. The maximum Gasteiger partial charge on any atom is 0.303 e. The zero-order chi connectivity index (χ0) is 17.6. The van der Waals surface area contributed by atoms with Gasteiger partial charge in [-0.1, -0.05) is 79.4 Å². The summed E-state index contributed by atoms with van der Waals surface area (Å²) >= 11 is 12.3. The lowest BCUT2D eigenvalue weighted by Crippen LogP contribution is -2.29. The molecule has 0 aliphatic carbocycles. The summed E-state index contributed by atoms with van der Waals surface area (Å²) < 4.78 is 0. The van der Waals surface area contributed by atoms with E-state index in [0.717, 1.165) is 30.4 Å². The van der Waals surface area contributed by atoms with Crippen molar-refractivity contribution < 1.29 is 9.90 Å². The molecule has 0 spiro atoms. The first-order chi connectivity index (χ1) is 11.5. The summed E-state index contributed by atoms with van der Waals surface area (Å²) in [4.78, 5) is 11.3. The molecule has 1 atom stereocenters. The van der Waals surface area contributed by atoms with Gasteiger partial charge in [-0.15, -0.1) is 0 Å². The molecule has 2 rings (SSSR count). The number of carbonyl (C=O) groups is 1. The van der Waals surface area contributed by atoms with Gasteiger partial charge in [0.2, 0.25) is 0 Å². The molecule has 0 heterocycles. The molecule has 2 aromatic carbocycles. The largest absolute Gasteiger partial charge is 0.481 e. The van der Waals surface area contributed by atoms with Crippen LogP contribution in [0.25, 0.3) is 0 Å². The Hall–Kier alpha value is -1.51. The molecule has 0 aliphatic heterocycles. The number of benzene rings is 2. The molecule has 4 heteroatoms. The lowest BCUT2D eigenvalue weighted by atomic mass is 9.68. The van der Waals surface area contributed by atoms with Crippen molar-refractivity contribution in [1.29, 1.82) is 0 Å². The Morgan fingerprint density at radius 1 is 1.00 bits per heavy atom. The number of hydrogen-bond donors (Lipinski definition) is 1. The molecule has 2 nitrogen and oxygen atoms in total. The van der Waals surface area contributed by atoms with Crippen molar-refractivity contribution in [3.63, 3.8) is 0 Å². The quantitative estimate of drug-likeness (QED) is 0.593. The molecule has 0 bridgehead atoms. The minimum absolute atomic E-state index is 0.110. The van der Waals surface area contributed by atoms with Crippen molar-refractivity contribution >= 4 is 29.2 Å². The summed E-state index contributed by atoms with van der Waals surface area (Å²) in [6, 6.07) is 15.7. The first-order valence-electron chi connectivity index (χ1n) is 8.22. The van der Waals surface area contributed by atoms with Crippen LogP contribution in [-0.2, 0) is 10.2 Å². The molecular weight excluding hydrogens is 343 g/mol. The van der Waals surface area contributed by atoms with Crippen LogP contribution >= 0.6 is 23.2 Å². The summed E-state index contributed by atoms with van der Waals surface area (Å²) in [5.74, 6) is -0.785. The Balaban J connectivity index is 2.58. The van der Waals surface area contributed by atoms with Crippen molar-refractivity contribution in [2.45, 2.75) is 44.4 Å². The lowest BCUT2D eigenvalue weighted by molar-refractivity contribution is -0.137. The van der Waals surface area contributed by atoms with Gasteiger partial charge in [0.25, 0.3) is 0 Å². The van der Waals surface area contributed by atoms with E-state index in [2.05, 4.69) is 19.1 Å². The maximum absolute atomic E-state index is 11.3. The summed E-state index contributed by atoms with van der Waals surface area (Å²) in [5, 5.41) is 10.3. The minimum Gasteiger partial charge on any atom is -0.481 e. The number of halogens is 2. The molecule has 0 aromatic heterocycles. The summed E-state index contributed by atoms with van der Waals surface area (Å²) in [5.41, 5.74) is 1.78. The van der Waals surface area contributed by atoms with Crippen molar-refractivity contribution in [2.24, 2.45) is 0 Å². The standard InChI is InChI=1S/C20H22Cl2O2/c1-2-3-12-20(13-11-19(23)24,15-7-5-4-6-8-15)16-9-10-17(21)18(22)14-16/h4-10,14H,2-3,11-13H2,1H3,(H,23,24)/t20-/m1/s1. The third-order valence-electron chi connectivity index (χ3n) is 4.52. The average Bonchev–Trinajstić information content (AvgIpc) is 2.59. The van der Waals surface area contributed by atoms with Gasteiger partial charge in [0.1, 0.15) is 0 Å². The SMILES string of the molecule is CCCC[C@@](CCC(=O)O)(c1ccccc1)c1ccc(Cl)c(Cl)c1. The van der Waals surface area contributed by atoms with Gasteiger partial charge in [-0.3, -0.25) is 4.79 Å². The van der Waals surface area contributed by atoms with Crippen molar-refractivity contribution in [2.75, 3.05) is 0 Å². The van der Waals surface area contributed by atoms with Crippen LogP contribution < -0.4 is 0 Å². The Bertz CT molecular complexity index is 685. The number of rotatable bonds is 8. The summed E-state index contributed by atoms with van der Waals surface area (Å²) in [7, 11) is 0. The minimum atomic E-state index is -0.785. The van der Waals surface area contributed by atoms with Crippen molar-refractivity contribution in [1.82, 2.24) is 0 Å². The predicted octanol–water partition coefficient (Wildman–Crippen LogP) is 6.33. The number of unbranched alkanes of at least 4 members (excludes halogenated alkanes) is 1. The lowest BCUT2D eigenvalue weighted by Gasteiger charge is -2.35. The second-order valence-corrected chi connectivity index (χ2v) is 6.89. The van der Waals surface area contributed by atoms with E-state index in [0.29, 0.717) is 16.5 Å². The van der Waals surface area contributed by atoms with E-state index < -0.39 is 5.97 Å². The number of carboxylic acid groups (broad SMARTS) is 1. The fourth-order valence-electron chi connectivity index (χ4n) is 3.22. The maximum atomic E-state index is 11.3. The topological polar surface area (TPSA) is 37.3 Å². The zero-order valence-electron chi connectivity index (χ0n) is 13.8. The molecule has 0 radical (unpaired) electrons. The van der Waals surface area contributed by atoms with Crippen LogP contribution in [0.15, 0.2) is 48.5 Å². The molecule has 0 aliphatic rings. The van der Waals surface area contributed by atoms with Crippen molar-refractivity contribution in [3.8, 4) is 0 Å². The van der Waals surface area contributed by atoms with E-state index >= 15 is 0 Å². The van der Waals surface area contributed by atoms with Gasteiger partial charge < -0.3 is 5.11 Å². The monoisotopic (exact) mass is 364 g/mol. The summed E-state index contributed by atoms with van der Waals surface area (Å²) in [6.45, 7) is 2.14. The zero-order valence-corrected chi connectivity index (χ0v) is 15.3. The van der Waals surface area contributed by atoms with E-state index in [1.54, 1.807) is 6.07 Å². The highest BCUT2D eigenvalue weighted by atomic mass is 35.5. The van der Waals surface area contributed by atoms with Crippen LogP contribution in [0.5, 0.6) is 0 Å². The fraction of sp³-hybridized carbons (Fsp3) is 0.350. The first kappa shape index (κ1) is 18.8. The predicted molar refractivity (Wildman–Crippen MR) is 100 cm³/mol. The number of carboxylic acids is 1. The van der Waals surface area contributed by atoms with Gasteiger partial charge in [-0.05, 0) is 36.1 Å². The van der Waals surface area contributed by atoms with Crippen LogP contribution in [0.4, 0.5) is 0 Å². The van der Waals surface area contributed by atoms with E-state index in [4.69, 9.17) is 23.2 Å². The van der Waals surface area contributed by atoms with Crippen LogP contribution in [0.3, 0.4) is 0 Å². The van der Waals surface area contributed by atoms with E-state index in [9.17, 15) is 9.90 Å².